The molecule has 0 aromatic heterocycles. The number of halogens is 3. The van der Waals surface area contributed by atoms with Gasteiger partial charge in [-0.05, 0) is 36.8 Å². The van der Waals surface area contributed by atoms with Crippen molar-refractivity contribution >= 4 is 53.1 Å². The number of amides is 2. The number of benzene rings is 2. The van der Waals surface area contributed by atoms with E-state index in [1.54, 1.807) is 40.1 Å². The molecule has 2 aromatic carbocycles. The highest BCUT2D eigenvalue weighted by atomic mass is 35.5. The van der Waals surface area contributed by atoms with Crippen molar-refractivity contribution in [3.05, 3.63) is 63.1 Å². The third-order valence-corrected chi connectivity index (χ3v) is 5.15. The average molecular weight is 429 g/mol. The summed E-state index contributed by atoms with van der Waals surface area (Å²) < 4.78 is 0. The molecule has 1 heterocycles. The topological polar surface area (TPSA) is 66.6 Å². The normalized spacial score (nSPS) is 13.9. The first-order valence-electron chi connectivity index (χ1n) is 8.27. The van der Waals surface area contributed by atoms with Gasteiger partial charge in [0.2, 0.25) is 0 Å². The van der Waals surface area contributed by atoms with Gasteiger partial charge in [-0.25, -0.2) is 0 Å². The van der Waals surface area contributed by atoms with Crippen molar-refractivity contribution in [3.63, 3.8) is 0 Å². The van der Waals surface area contributed by atoms with E-state index in [1.165, 1.54) is 0 Å². The standard InChI is InChI=1S/C19H19Cl2N3O2.ClH/c1-12-5-6-13(22)11-14(12)18(25)23-7-9-24(10-8-23)19(26)17-15(20)3-2-4-16(17)21;/h2-6,11H,7-10,22H2,1H3;1H. The lowest BCUT2D eigenvalue weighted by Gasteiger charge is -2.35. The minimum absolute atomic E-state index is 0. The van der Waals surface area contributed by atoms with Crippen LogP contribution in [0.4, 0.5) is 5.69 Å². The number of nitrogens with two attached hydrogens (primary N) is 1. The maximum Gasteiger partial charge on any atom is 0.257 e. The van der Waals surface area contributed by atoms with Gasteiger partial charge < -0.3 is 15.5 Å². The lowest BCUT2D eigenvalue weighted by atomic mass is 10.1. The van der Waals surface area contributed by atoms with E-state index in [2.05, 4.69) is 0 Å². The molecule has 0 unspecified atom stereocenters. The van der Waals surface area contributed by atoms with Crippen LogP contribution in [0.15, 0.2) is 36.4 Å². The van der Waals surface area contributed by atoms with Gasteiger partial charge in [-0.15, -0.1) is 12.4 Å². The molecule has 144 valence electrons. The second kappa shape index (κ2) is 8.83. The third-order valence-electron chi connectivity index (χ3n) is 4.52. The Labute approximate surface area is 174 Å². The van der Waals surface area contributed by atoms with E-state index >= 15 is 0 Å². The summed E-state index contributed by atoms with van der Waals surface area (Å²) in [5.74, 6) is -0.287. The van der Waals surface area contributed by atoms with Gasteiger partial charge in [-0.3, -0.25) is 9.59 Å². The largest absolute Gasteiger partial charge is 0.399 e. The van der Waals surface area contributed by atoms with E-state index in [-0.39, 0.29) is 24.2 Å². The third kappa shape index (κ3) is 4.49. The molecule has 2 amide bonds. The van der Waals surface area contributed by atoms with E-state index in [4.69, 9.17) is 28.9 Å². The zero-order valence-electron chi connectivity index (χ0n) is 14.7. The van der Waals surface area contributed by atoms with Gasteiger partial charge in [0, 0.05) is 37.4 Å². The summed E-state index contributed by atoms with van der Waals surface area (Å²) in [7, 11) is 0. The van der Waals surface area contributed by atoms with E-state index in [1.807, 2.05) is 13.0 Å². The first-order valence-corrected chi connectivity index (χ1v) is 9.02. The Balaban J connectivity index is 0.00000261. The lowest BCUT2D eigenvalue weighted by molar-refractivity contribution is 0.0535. The van der Waals surface area contributed by atoms with Gasteiger partial charge in [-0.2, -0.15) is 0 Å². The number of anilines is 1. The molecule has 0 aliphatic carbocycles. The van der Waals surface area contributed by atoms with Crippen LogP contribution in [0.1, 0.15) is 26.3 Å². The smallest absolute Gasteiger partial charge is 0.257 e. The number of hydrogen-bond donors (Lipinski definition) is 1. The van der Waals surface area contributed by atoms with Gasteiger partial charge >= 0.3 is 0 Å². The van der Waals surface area contributed by atoms with Crippen LogP contribution in [-0.4, -0.2) is 47.8 Å². The fourth-order valence-corrected chi connectivity index (χ4v) is 3.57. The number of rotatable bonds is 2. The van der Waals surface area contributed by atoms with Crippen LogP contribution in [0.2, 0.25) is 10.0 Å². The van der Waals surface area contributed by atoms with Crippen LogP contribution in [0.3, 0.4) is 0 Å². The molecule has 0 radical (unpaired) electrons. The van der Waals surface area contributed by atoms with Gasteiger partial charge in [0.1, 0.15) is 0 Å². The maximum absolute atomic E-state index is 12.8. The van der Waals surface area contributed by atoms with Gasteiger partial charge in [0.15, 0.2) is 0 Å². The Kier molecular flexibility index (Phi) is 6.98. The van der Waals surface area contributed by atoms with E-state index < -0.39 is 0 Å². The summed E-state index contributed by atoms with van der Waals surface area (Å²) in [5, 5.41) is 0.660. The van der Waals surface area contributed by atoms with Crippen molar-refractivity contribution in [2.75, 3.05) is 31.9 Å². The fourth-order valence-electron chi connectivity index (χ4n) is 3.01. The zero-order valence-corrected chi connectivity index (χ0v) is 17.1. The van der Waals surface area contributed by atoms with Crippen LogP contribution in [0.25, 0.3) is 0 Å². The molecular formula is C19H20Cl3N3O2. The van der Waals surface area contributed by atoms with Crippen LogP contribution in [-0.2, 0) is 0 Å². The monoisotopic (exact) mass is 427 g/mol. The number of carbonyl (C=O) groups is 2. The Morgan fingerprint density at radius 3 is 2.00 bits per heavy atom. The molecular weight excluding hydrogens is 409 g/mol. The number of piperazine rings is 1. The van der Waals surface area contributed by atoms with Crippen LogP contribution in [0.5, 0.6) is 0 Å². The molecule has 3 rings (SSSR count). The lowest BCUT2D eigenvalue weighted by Crippen LogP contribution is -2.50. The van der Waals surface area contributed by atoms with Crippen molar-refractivity contribution in [2.24, 2.45) is 0 Å². The van der Waals surface area contributed by atoms with Crippen molar-refractivity contribution in [3.8, 4) is 0 Å². The molecule has 27 heavy (non-hydrogen) atoms. The van der Waals surface area contributed by atoms with Gasteiger partial charge in [0.05, 0.1) is 15.6 Å². The second-order valence-corrected chi connectivity index (χ2v) is 7.07. The molecule has 1 fully saturated rings. The van der Waals surface area contributed by atoms with Gasteiger partial charge in [-0.1, -0.05) is 35.3 Å². The molecule has 0 spiro atoms. The van der Waals surface area contributed by atoms with Crippen LogP contribution in [0, 0.1) is 6.92 Å². The number of nitrogens with zero attached hydrogens (tertiary/aromatic N) is 2. The van der Waals surface area contributed by atoms with E-state index in [0.29, 0.717) is 53.0 Å². The minimum atomic E-state index is -0.215. The summed E-state index contributed by atoms with van der Waals surface area (Å²) in [5.41, 5.74) is 8.14. The summed E-state index contributed by atoms with van der Waals surface area (Å²) >= 11 is 12.3. The Hall–Kier alpha value is -1.95. The molecule has 1 aliphatic heterocycles. The molecule has 1 saturated heterocycles. The zero-order chi connectivity index (χ0) is 18.8. The number of nitrogen functional groups attached to an aromatic ring is 1. The molecule has 2 aromatic rings. The Morgan fingerprint density at radius 2 is 1.44 bits per heavy atom. The van der Waals surface area contributed by atoms with Gasteiger partial charge in [0.25, 0.3) is 11.8 Å². The van der Waals surface area contributed by atoms with Crippen LogP contribution >= 0.6 is 35.6 Å². The van der Waals surface area contributed by atoms with Crippen molar-refractivity contribution in [1.29, 1.82) is 0 Å². The SMILES string of the molecule is Cc1ccc(N)cc1C(=O)N1CCN(C(=O)c2c(Cl)cccc2Cl)CC1.Cl. The fraction of sp³-hybridized carbons (Fsp3) is 0.263. The summed E-state index contributed by atoms with van der Waals surface area (Å²) in [6, 6.07) is 10.3. The van der Waals surface area contributed by atoms with Crippen LogP contribution < -0.4 is 5.73 Å². The molecule has 5 nitrogen and oxygen atoms in total. The Morgan fingerprint density at radius 1 is 0.926 bits per heavy atom. The van der Waals surface area contributed by atoms with E-state index in [9.17, 15) is 9.59 Å². The molecule has 8 heteroatoms. The first kappa shape index (κ1) is 21.4. The number of aryl methyl sites for hydroxylation is 1. The predicted molar refractivity (Wildman–Crippen MR) is 111 cm³/mol. The van der Waals surface area contributed by atoms with Crippen molar-refractivity contribution in [1.82, 2.24) is 9.80 Å². The van der Waals surface area contributed by atoms with Crippen molar-refractivity contribution < 1.29 is 9.59 Å². The highest BCUT2D eigenvalue weighted by Gasteiger charge is 2.28. The molecule has 0 saturated carbocycles. The second-order valence-electron chi connectivity index (χ2n) is 6.26. The summed E-state index contributed by atoms with van der Waals surface area (Å²) in [6.07, 6.45) is 0. The molecule has 1 aliphatic rings. The average Bonchev–Trinajstić information content (AvgIpc) is 2.63. The highest BCUT2D eigenvalue weighted by molar-refractivity contribution is 6.39. The maximum atomic E-state index is 12.8. The molecule has 0 bridgehead atoms. The minimum Gasteiger partial charge on any atom is -0.399 e. The quantitative estimate of drug-likeness (QED) is 0.738. The summed E-state index contributed by atoms with van der Waals surface area (Å²) in [4.78, 5) is 28.9. The Bertz CT molecular complexity index is 845. The molecule has 0 atom stereocenters. The summed E-state index contributed by atoms with van der Waals surface area (Å²) in [6.45, 7) is 3.62. The first-order chi connectivity index (χ1) is 12.4. The highest BCUT2D eigenvalue weighted by Crippen LogP contribution is 2.26. The predicted octanol–water partition coefficient (Wildman–Crippen LogP) is 3.90. The van der Waals surface area contributed by atoms with E-state index in [0.717, 1.165) is 5.56 Å². The number of hydrogen-bond acceptors (Lipinski definition) is 3. The number of carbonyl (C=O) groups excluding carboxylic acids is 2. The molecule has 2 N–H and O–H groups in total. The van der Waals surface area contributed by atoms with Crippen molar-refractivity contribution in [2.45, 2.75) is 6.92 Å².